The van der Waals surface area contributed by atoms with Crippen LogP contribution in [-0.2, 0) is 4.79 Å². The molecule has 0 aromatic heterocycles. The molecule has 1 saturated carbocycles. The summed E-state index contributed by atoms with van der Waals surface area (Å²) in [5.74, 6) is 0.555. The van der Waals surface area contributed by atoms with E-state index in [-0.39, 0.29) is 30.1 Å². The molecule has 0 spiro atoms. The molecule has 2 rings (SSSR count). The van der Waals surface area contributed by atoms with E-state index in [0.717, 1.165) is 43.4 Å². The summed E-state index contributed by atoms with van der Waals surface area (Å²) in [6.45, 7) is 3.92. The molecule has 26 heavy (non-hydrogen) atoms. The number of amides is 3. The van der Waals surface area contributed by atoms with Crippen molar-refractivity contribution < 1.29 is 19.6 Å². The van der Waals surface area contributed by atoms with Gasteiger partial charge in [-0.15, -0.1) is 0 Å². The van der Waals surface area contributed by atoms with Crippen LogP contribution in [0, 0.1) is 0 Å². The number of carbonyl (C=O) groups is 2. The van der Waals surface area contributed by atoms with Crippen molar-refractivity contribution in [3.8, 4) is 5.75 Å². The number of nitrogens with two attached hydrogens (primary N) is 1. The van der Waals surface area contributed by atoms with Gasteiger partial charge in [-0.05, 0) is 44.0 Å². The molecule has 0 aliphatic heterocycles. The summed E-state index contributed by atoms with van der Waals surface area (Å²) in [7, 11) is 1.64. The Labute approximate surface area is 156 Å². The zero-order chi connectivity index (χ0) is 18.9. The first-order valence-corrected chi connectivity index (χ1v) is 9.63. The highest BCUT2D eigenvalue weighted by molar-refractivity contribution is 5.96. The van der Waals surface area contributed by atoms with Crippen molar-refractivity contribution >= 4 is 11.9 Å². The van der Waals surface area contributed by atoms with Crippen LogP contribution >= 0.6 is 0 Å². The van der Waals surface area contributed by atoms with Crippen LogP contribution in [0.4, 0.5) is 4.79 Å². The number of benzene rings is 1. The van der Waals surface area contributed by atoms with Gasteiger partial charge in [0.1, 0.15) is 11.8 Å². The number of rotatable bonds is 7. The molecule has 1 aromatic carbocycles. The Hall–Kier alpha value is -2.08. The van der Waals surface area contributed by atoms with Crippen molar-refractivity contribution in [1.29, 1.82) is 0 Å². The minimum atomic E-state index is -0.375. The lowest BCUT2D eigenvalue weighted by molar-refractivity contribution is -0.713. The van der Waals surface area contributed by atoms with Crippen molar-refractivity contribution in [2.75, 3.05) is 7.11 Å². The van der Waals surface area contributed by atoms with Crippen LogP contribution in [0.2, 0.25) is 0 Å². The Morgan fingerprint density at radius 2 is 1.85 bits per heavy atom. The first kappa shape index (κ1) is 20.2. The molecule has 1 fully saturated rings. The fraction of sp³-hybridized carbons (Fsp3) is 0.600. The zero-order valence-corrected chi connectivity index (χ0v) is 16.1. The number of hydrogen-bond acceptors (Lipinski definition) is 3. The molecule has 4 N–H and O–H groups in total. The Balaban J connectivity index is 1.84. The number of methoxy groups -OCH3 is 1. The van der Waals surface area contributed by atoms with Crippen LogP contribution in [-0.4, -0.2) is 31.1 Å². The van der Waals surface area contributed by atoms with Gasteiger partial charge in [0.2, 0.25) is 0 Å². The largest absolute Gasteiger partial charge is 0.497 e. The third-order valence-electron chi connectivity index (χ3n) is 5.10. The molecule has 6 nitrogen and oxygen atoms in total. The van der Waals surface area contributed by atoms with Crippen LogP contribution in [0.5, 0.6) is 5.75 Å². The maximum atomic E-state index is 12.4. The number of ether oxygens (including phenoxy) is 1. The maximum Gasteiger partial charge on any atom is 0.321 e. The standard InChI is InChI=1S/C20H31N3O3/c1-4-18(15-10-12-17(26-3)13-11-15)21-14(2)19(24)23-20(25)22-16-8-6-5-7-9-16/h10-14,16,18,21H,4-9H2,1-3H3,(H2,22,23,24,25)/p+1/t14-,18-/m1/s1. The number of imide groups is 1. The molecule has 1 aliphatic rings. The topological polar surface area (TPSA) is 84.0 Å². The number of urea groups is 1. The van der Waals surface area contributed by atoms with Gasteiger partial charge in [0.15, 0.2) is 6.04 Å². The van der Waals surface area contributed by atoms with Crippen LogP contribution in [0.25, 0.3) is 0 Å². The minimum absolute atomic E-state index is 0.156. The lowest BCUT2D eigenvalue weighted by Gasteiger charge is -2.23. The molecule has 0 heterocycles. The van der Waals surface area contributed by atoms with Crippen molar-refractivity contribution in [2.24, 2.45) is 0 Å². The highest BCUT2D eigenvalue weighted by atomic mass is 16.5. The number of hydrogen-bond donors (Lipinski definition) is 3. The molecule has 0 radical (unpaired) electrons. The second-order valence-corrected chi connectivity index (χ2v) is 7.07. The van der Waals surface area contributed by atoms with E-state index in [9.17, 15) is 9.59 Å². The van der Waals surface area contributed by atoms with Gasteiger partial charge in [0.05, 0.1) is 7.11 Å². The predicted molar refractivity (Wildman–Crippen MR) is 101 cm³/mol. The van der Waals surface area contributed by atoms with Gasteiger partial charge in [0, 0.05) is 18.0 Å². The molecule has 1 aliphatic carbocycles. The summed E-state index contributed by atoms with van der Waals surface area (Å²) in [5, 5.41) is 7.41. The molecule has 2 atom stereocenters. The van der Waals surface area contributed by atoms with E-state index in [0.29, 0.717) is 0 Å². The molecule has 6 heteroatoms. The van der Waals surface area contributed by atoms with Crippen LogP contribution in [0.15, 0.2) is 24.3 Å². The summed E-state index contributed by atoms with van der Waals surface area (Å²) in [4.78, 5) is 24.4. The summed E-state index contributed by atoms with van der Waals surface area (Å²) in [6, 6.07) is 7.51. The van der Waals surface area contributed by atoms with Gasteiger partial charge in [-0.3, -0.25) is 10.1 Å². The molecule has 0 unspecified atom stereocenters. The highest BCUT2D eigenvalue weighted by Gasteiger charge is 2.24. The van der Waals surface area contributed by atoms with E-state index in [4.69, 9.17) is 4.74 Å². The van der Waals surface area contributed by atoms with E-state index in [1.165, 1.54) is 6.42 Å². The first-order valence-electron chi connectivity index (χ1n) is 9.63. The van der Waals surface area contributed by atoms with Gasteiger partial charge in [-0.1, -0.05) is 26.2 Å². The zero-order valence-electron chi connectivity index (χ0n) is 16.1. The average molecular weight is 362 g/mol. The second-order valence-electron chi connectivity index (χ2n) is 7.07. The van der Waals surface area contributed by atoms with Gasteiger partial charge < -0.3 is 15.4 Å². The minimum Gasteiger partial charge on any atom is -0.497 e. The van der Waals surface area contributed by atoms with E-state index in [2.05, 4.69) is 17.6 Å². The molecule has 1 aromatic rings. The third kappa shape index (κ3) is 6.02. The number of carbonyl (C=O) groups excluding carboxylic acids is 2. The monoisotopic (exact) mass is 362 g/mol. The Morgan fingerprint density at radius 3 is 2.42 bits per heavy atom. The molecule has 0 saturated heterocycles. The van der Waals surface area contributed by atoms with Gasteiger partial charge in [-0.25, -0.2) is 4.79 Å². The first-order chi connectivity index (χ1) is 12.5. The molecule has 3 amide bonds. The summed E-state index contributed by atoms with van der Waals surface area (Å²) < 4.78 is 5.19. The second kappa shape index (κ2) is 10.2. The SMILES string of the molecule is CC[C@@H]([NH2+][C@H](C)C(=O)NC(=O)NC1CCCCC1)c1ccc(OC)cc1. The van der Waals surface area contributed by atoms with Crippen LogP contribution in [0.1, 0.15) is 64.0 Å². The quantitative estimate of drug-likeness (QED) is 0.696. The van der Waals surface area contributed by atoms with Crippen molar-refractivity contribution in [2.45, 2.75) is 70.5 Å². The summed E-state index contributed by atoms with van der Waals surface area (Å²) in [5.41, 5.74) is 1.14. The Kier molecular flexibility index (Phi) is 7.91. The number of nitrogens with one attached hydrogen (secondary N) is 2. The molecule has 0 bridgehead atoms. The van der Waals surface area contributed by atoms with E-state index in [1.807, 2.05) is 36.5 Å². The Bertz CT molecular complexity index is 582. The highest BCUT2D eigenvalue weighted by Crippen LogP contribution is 2.18. The lowest BCUT2D eigenvalue weighted by Crippen LogP contribution is -2.92. The predicted octanol–water partition coefficient (Wildman–Crippen LogP) is 2.26. The van der Waals surface area contributed by atoms with Crippen molar-refractivity contribution in [3.05, 3.63) is 29.8 Å². The molecule has 144 valence electrons. The average Bonchev–Trinajstić information content (AvgIpc) is 2.66. The smallest absolute Gasteiger partial charge is 0.321 e. The van der Waals surface area contributed by atoms with Gasteiger partial charge in [-0.2, -0.15) is 0 Å². The fourth-order valence-corrected chi connectivity index (χ4v) is 3.46. The van der Waals surface area contributed by atoms with E-state index >= 15 is 0 Å². The maximum absolute atomic E-state index is 12.4. The lowest BCUT2D eigenvalue weighted by atomic mass is 9.96. The van der Waals surface area contributed by atoms with Crippen LogP contribution in [0.3, 0.4) is 0 Å². The molecular formula is C20H32N3O3+. The molecular weight excluding hydrogens is 330 g/mol. The van der Waals surface area contributed by atoms with Gasteiger partial charge in [0.25, 0.3) is 5.91 Å². The van der Waals surface area contributed by atoms with Crippen molar-refractivity contribution in [3.63, 3.8) is 0 Å². The Morgan fingerprint density at radius 1 is 1.19 bits per heavy atom. The summed E-state index contributed by atoms with van der Waals surface area (Å²) >= 11 is 0. The third-order valence-corrected chi connectivity index (χ3v) is 5.10. The van der Waals surface area contributed by atoms with Gasteiger partial charge >= 0.3 is 6.03 Å². The fourth-order valence-electron chi connectivity index (χ4n) is 3.46. The van der Waals surface area contributed by atoms with Crippen molar-refractivity contribution in [1.82, 2.24) is 10.6 Å². The van der Waals surface area contributed by atoms with Crippen LogP contribution < -0.4 is 20.7 Å². The van der Waals surface area contributed by atoms with E-state index in [1.54, 1.807) is 7.11 Å². The summed E-state index contributed by atoms with van der Waals surface area (Å²) in [6.07, 6.45) is 6.40. The normalized spacial score (nSPS) is 17.2. The van der Waals surface area contributed by atoms with E-state index < -0.39 is 0 Å². The number of quaternary nitrogens is 1.